The average molecular weight is 607 g/mol. The molecule has 0 saturated heterocycles. The second-order valence-electron chi connectivity index (χ2n) is 13.1. The summed E-state index contributed by atoms with van der Waals surface area (Å²) >= 11 is 0. The molecule has 0 rings (SSSR count). The lowest BCUT2D eigenvalue weighted by Crippen LogP contribution is -2.05. The molecule has 0 unspecified atom stereocenters. The van der Waals surface area contributed by atoms with Gasteiger partial charge in [0.1, 0.15) is 0 Å². The van der Waals surface area contributed by atoms with Crippen molar-refractivity contribution in [3.05, 3.63) is 12.2 Å². The highest BCUT2D eigenvalue weighted by atomic mass is 16.5. The quantitative estimate of drug-likeness (QED) is 0.0438. The minimum Gasteiger partial charge on any atom is -0.481 e. The lowest BCUT2D eigenvalue weighted by molar-refractivity contribution is -0.144. The van der Waals surface area contributed by atoms with E-state index in [4.69, 9.17) is 9.84 Å². The van der Waals surface area contributed by atoms with E-state index >= 15 is 0 Å². The number of esters is 1. The van der Waals surface area contributed by atoms with Crippen molar-refractivity contribution in [2.75, 3.05) is 6.61 Å². The van der Waals surface area contributed by atoms with E-state index in [2.05, 4.69) is 19.1 Å². The van der Waals surface area contributed by atoms with Crippen LogP contribution in [0.15, 0.2) is 12.2 Å². The number of allylic oxidation sites excluding steroid dienone is 2. The van der Waals surface area contributed by atoms with Gasteiger partial charge in [-0.05, 0) is 44.9 Å². The molecule has 0 saturated carbocycles. The van der Waals surface area contributed by atoms with E-state index in [-0.39, 0.29) is 5.97 Å². The van der Waals surface area contributed by atoms with E-state index in [1.165, 1.54) is 167 Å². The zero-order valence-corrected chi connectivity index (χ0v) is 28.9. The Morgan fingerprint density at radius 3 is 1.16 bits per heavy atom. The molecule has 4 heteroatoms. The van der Waals surface area contributed by atoms with Crippen molar-refractivity contribution < 1.29 is 19.4 Å². The van der Waals surface area contributed by atoms with Gasteiger partial charge in [0.25, 0.3) is 0 Å². The van der Waals surface area contributed by atoms with Gasteiger partial charge in [0, 0.05) is 12.8 Å². The summed E-state index contributed by atoms with van der Waals surface area (Å²) in [4.78, 5) is 22.4. The molecule has 0 atom stereocenters. The molecule has 0 bridgehead atoms. The van der Waals surface area contributed by atoms with E-state index in [1.54, 1.807) is 0 Å². The highest BCUT2D eigenvalue weighted by molar-refractivity contribution is 5.69. The van der Waals surface area contributed by atoms with E-state index in [9.17, 15) is 9.59 Å². The molecule has 0 fully saturated rings. The minimum atomic E-state index is -0.659. The molecular weight excluding hydrogens is 532 g/mol. The lowest BCUT2D eigenvalue weighted by Gasteiger charge is -2.06. The van der Waals surface area contributed by atoms with Crippen LogP contribution >= 0.6 is 0 Å². The van der Waals surface area contributed by atoms with E-state index < -0.39 is 5.97 Å². The molecule has 43 heavy (non-hydrogen) atoms. The summed E-state index contributed by atoms with van der Waals surface area (Å²) in [5.74, 6) is -0.655. The van der Waals surface area contributed by atoms with Gasteiger partial charge in [-0.1, -0.05) is 173 Å². The zero-order chi connectivity index (χ0) is 31.3. The number of aliphatic carboxylic acids is 1. The Balaban J connectivity index is 3.17. The monoisotopic (exact) mass is 607 g/mol. The van der Waals surface area contributed by atoms with Crippen LogP contribution in [-0.4, -0.2) is 23.7 Å². The van der Waals surface area contributed by atoms with Crippen molar-refractivity contribution in [1.82, 2.24) is 0 Å². The fourth-order valence-corrected chi connectivity index (χ4v) is 5.80. The maximum atomic E-state index is 11.9. The molecule has 0 aliphatic rings. The number of hydrogen-bond donors (Lipinski definition) is 1. The normalized spacial score (nSPS) is 11.5. The predicted octanol–water partition coefficient (Wildman–Crippen LogP) is 13.1. The highest BCUT2D eigenvalue weighted by Crippen LogP contribution is 2.15. The van der Waals surface area contributed by atoms with Gasteiger partial charge in [-0.2, -0.15) is 0 Å². The number of carbonyl (C=O) groups excluding carboxylic acids is 1. The molecule has 0 aliphatic carbocycles. The maximum absolute atomic E-state index is 11.9. The Kier molecular flexibility index (Phi) is 35.7. The van der Waals surface area contributed by atoms with Gasteiger partial charge in [0.2, 0.25) is 0 Å². The largest absolute Gasteiger partial charge is 0.481 e. The predicted molar refractivity (Wildman–Crippen MR) is 186 cm³/mol. The Hall–Kier alpha value is -1.32. The first-order chi connectivity index (χ1) is 21.2. The van der Waals surface area contributed by atoms with Crippen LogP contribution in [0.25, 0.3) is 0 Å². The third-order valence-electron chi connectivity index (χ3n) is 8.69. The first-order valence-electron chi connectivity index (χ1n) is 19.2. The number of hydrogen-bond acceptors (Lipinski definition) is 3. The fraction of sp³-hybridized carbons (Fsp3) is 0.897. The van der Waals surface area contributed by atoms with Gasteiger partial charge in [-0.15, -0.1) is 0 Å². The summed E-state index contributed by atoms with van der Waals surface area (Å²) in [5, 5.41) is 8.64. The van der Waals surface area contributed by atoms with Crippen LogP contribution in [0, 0.1) is 0 Å². The standard InChI is InChI=1S/C39H74O4/c1-2-3-4-5-6-7-8-17-21-24-27-30-33-36-39(42)43-37-34-31-28-25-22-19-16-14-12-10-9-11-13-15-18-20-23-26-29-32-35-38(40)41/h7-8H,2-6,9-37H2,1H3,(H,40,41)/b8-7-. The Morgan fingerprint density at radius 1 is 0.442 bits per heavy atom. The topological polar surface area (TPSA) is 63.6 Å². The van der Waals surface area contributed by atoms with Crippen molar-refractivity contribution in [2.24, 2.45) is 0 Å². The Labute approximate surface area is 268 Å². The molecule has 0 radical (unpaired) electrons. The van der Waals surface area contributed by atoms with Crippen LogP contribution in [0.3, 0.4) is 0 Å². The van der Waals surface area contributed by atoms with Gasteiger partial charge in [0.15, 0.2) is 0 Å². The van der Waals surface area contributed by atoms with Gasteiger partial charge in [0.05, 0.1) is 6.61 Å². The van der Waals surface area contributed by atoms with E-state index in [0.717, 1.165) is 32.1 Å². The van der Waals surface area contributed by atoms with E-state index in [1.807, 2.05) is 0 Å². The molecule has 4 nitrogen and oxygen atoms in total. The summed E-state index contributed by atoms with van der Waals surface area (Å²) in [6.45, 7) is 2.87. The number of carboxylic acids is 1. The van der Waals surface area contributed by atoms with Crippen LogP contribution in [0.1, 0.15) is 219 Å². The summed E-state index contributed by atoms with van der Waals surface area (Å²) in [5.41, 5.74) is 0. The molecule has 0 amide bonds. The maximum Gasteiger partial charge on any atom is 0.305 e. The Morgan fingerprint density at radius 2 is 0.767 bits per heavy atom. The van der Waals surface area contributed by atoms with Crippen LogP contribution in [0.5, 0.6) is 0 Å². The molecule has 0 aromatic heterocycles. The summed E-state index contributed by atoms with van der Waals surface area (Å²) in [6, 6.07) is 0. The number of ether oxygens (including phenoxy) is 1. The first kappa shape index (κ1) is 41.7. The second-order valence-corrected chi connectivity index (χ2v) is 13.1. The lowest BCUT2D eigenvalue weighted by atomic mass is 10.0. The molecule has 0 aliphatic heterocycles. The van der Waals surface area contributed by atoms with Crippen molar-refractivity contribution in [2.45, 2.75) is 219 Å². The molecular formula is C39H74O4. The zero-order valence-electron chi connectivity index (χ0n) is 28.9. The summed E-state index contributed by atoms with van der Waals surface area (Å²) < 4.78 is 5.43. The molecule has 254 valence electrons. The van der Waals surface area contributed by atoms with Crippen LogP contribution in [-0.2, 0) is 14.3 Å². The van der Waals surface area contributed by atoms with Crippen molar-refractivity contribution in [1.29, 1.82) is 0 Å². The number of unbranched alkanes of at least 4 members (excludes halogenated alkanes) is 28. The van der Waals surface area contributed by atoms with Gasteiger partial charge < -0.3 is 9.84 Å². The summed E-state index contributed by atoms with van der Waals surface area (Å²) in [7, 11) is 0. The van der Waals surface area contributed by atoms with E-state index in [0.29, 0.717) is 19.4 Å². The first-order valence-corrected chi connectivity index (χ1v) is 19.2. The molecule has 0 heterocycles. The highest BCUT2D eigenvalue weighted by Gasteiger charge is 2.03. The number of carboxylic acid groups (broad SMARTS) is 1. The third kappa shape index (κ3) is 38.7. The number of rotatable bonds is 36. The fourth-order valence-electron chi connectivity index (χ4n) is 5.80. The van der Waals surface area contributed by atoms with Crippen LogP contribution in [0.2, 0.25) is 0 Å². The SMILES string of the molecule is CCCCCC/C=C\CCCCCCCC(=O)OCCCCCCCCCCCCCCCCCCCCCCC(=O)O. The molecule has 1 N–H and O–H groups in total. The molecule has 0 spiro atoms. The third-order valence-corrected chi connectivity index (χ3v) is 8.69. The molecule has 0 aromatic rings. The van der Waals surface area contributed by atoms with Crippen molar-refractivity contribution in [3.8, 4) is 0 Å². The van der Waals surface area contributed by atoms with Gasteiger partial charge >= 0.3 is 11.9 Å². The smallest absolute Gasteiger partial charge is 0.305 e. The van der Waals surface area contributed by atoms with Crippen molar-refractivity contribution >= 4 is 11.9 Å². The summed E-state index contributed by atoms with van der Waals surface area (Å²) in [6.07, 6.45) is 45.1. The van der Waals surface area contributed by atoms with Gasteiger partial charge in [-0.3, -0.25) is 9.59 Å². The van der Waals surface area contributed by atoms with Gasteiger partial charge in [-0.25, -0.2) is 0 Å². The molecule has 0 aromatic carbocycles. The second kappa shape index (κ2) is 36.9. The van der Waals surface area contributed by atoms with Crippen LogP contribution in [0.4, 0.5) is 0 Å². The Bertz CT molecular complexity index is 600. The average Bonchev–Trinajstić information content (AvgIpc) is 2.99. The minimum absolute atomic E-state index is 0.00399. The van der Waals surface area contributed by atoms with Crippen molar-refractivity contribution in [3.63, 3.8) is 0 Å². The number of carbonyl (C=O) groups is 2. The van der Waals surface area contributed by atoms with Crippen LogP contribution < -0.4 is 0 Å².